The molecule has 0 fully saturated rings. The summed E-state index contributed by atoms with van der Waals surface area (Å²) in [6.07, 6.45) is 1.57. The van der Waals surface area contributed by atoms with Crippen LogP contribution in [0.4, 0.5) is 0 Å². The van der Waals surface area contributed by atoms with Crippen molar-refractivity contribution in [3.05, 3.63) is 85.6 Å². The van der Waals surface area contributed by atoms with Crippen LogP contribution in [0.3, 0.4) is 0 Å². The highest BCUT2D eigenvalue weighted by Gasteiger charge is 2.16. The molecular formula is C22H15Cl2N5O. The van der Waals surface area contributed by atoms with Crippen LogP contribution in [0.25, 0.3) is 28.2 Å². The van der Waals surface area contributed by atoms with Gasteiger partial charge in [0.1, 0.15) is 11.2 Å². The van der Waals surface area contributed by atoms with Crippen LogP contribution in [0, 0.1) is 25.2 Å². The highest BCUT2D eigenvalue weighted by molar-refractivity contribution is 6.32. The molecule has 148 valence electrons. The van der Waals surface area contributed by atoms with Crippen LogP contribution >= 0.6 is 23.2 Å². The average Bonchev–Trinajstić information content (AvgIpc) is 3.00. The Balaban J connectivity index is 1.84. The van der Waals surface area contributed by atoms with Crippen molar-refractivity contribution in [2.45, 2.75) is 13.8 Å². The van der Waals surface area contributed by atoms with Gasteiger partial charge in [-0.2, -0.15) is 10.4 Å². The van der Waals surface area contributed by atoms with E-state index in [1.54, 1.807) is 35.9 Å². The van der Waals surface area contributed by atoms with Crippen molar-refractivity contribution in [3.63, 3.8) is 0 Å². The number of hydrogen-bond acceptors (Lipinski definition) is 4. The molecule has 0 radical (unpaired) electrons. The number of benzene rings is 2. The second-order valence-corrected chi connectivity index (χ2v) is 7.58. The van der Waals surface area contributed by atoms with E-state index in [-0.39, 0.29) is 17.0 Å². The number of aromatic nitrogens is 4. The lowest BCUT2D eigenvalue weighted by atomic mass is 10.1. The van der Waals surface area contributed by atoms with Crippen LogP contribution in [0.15, 0.2) is 47.3 Å². The first-order valence-electron chi connectivity index (χ1n) is 9.01. The molecule has 1 N–H and O–H groups in total. The second-order valence-electron chi connectivity index (χ2n) is 6.78. The Hall–Kier alpha value is -3.40. The predicted molar refractivity (Wildman–Crippen MR) is 119 cm³/mol. The molecular weight excluding hydrogens is 421 g/mol. The number of hydrogen-bond donors (Lipinski definition) is 1. The fourth-order valence-electron chi connectivity index (χ4n) is 3.07. The largest absolute Gasteiger partial charge is 0.305 e. The fourth-order valence-corrected chi connectivity index (χ4v) is 3.56. The molecule has 4 rings (SSSR count). The smallest absolute Gasteiger partial charge is 0.259 e. The van der Waals surface area contributed by atoms with E-state index < -0.39 is 0 Å². The van der Waals surface area contributed by atoms with Crippen molar-refractivity contribution < 1.29 is 0 Å². The van der Waals surface area contributed by atoms with Gasteiger partial charge in [0.25, 0.3) is 5.56 Å². The first-order valence-corrected chi connectivity index (χ1v) is 9.77. The summed E-state index contributed by atoms with van der Waals surface area (Å²) in [7, 11) is 0. The molecule has 0 spiro atoms. The van der Waals surface area contributed by atoms with E-state index in [2.05, 4.69) is 21.1 Å². The second kappa shape index (κ2) is 7.79. The number of aryl methyl sites for hydroxylation is 2. The van der Waals surface area contributed by atoms with Gasteiger partial charge in [0.15, 0.2) is 5.82 Å². The summed E-state index contributed by atoms with van der Waals surface area (Å²) in [4.78, 5) is 19.5. The highest BCUT2D eigenvalue weighted by atomic mass is 35.5. The number of allylic oxidation sites excluding steroid dienone is 1. The lowest BCUT2D eigenvalue weighted by molar-refractivity contribution is 0.863. The zero-order valence-electron chi connectivity index (χ0n) is 16.1. The Morgan fingerprint density at radius 3 is 2.60 bits per heavy atom. The number of nitrogens with one attached hydrogen (secondary N) is 1. The first kappa shape index (κ1) is 19.9. The summed E-state index contributed by atoms with van der Waals surface area (Å²) < 4.78 is 1.60. The van der Waals surface area contributed by atoms with Gasteiger partial charge < -0.3 is 4.98 Å². The van der Waals surface area contributed by atoms with Gasteiger partial charge in [-0.1, -0.05) is 40.9 Å². The van der Waals surface area contributed by atoms with E-state index in [0.717, 1.165) is 11.3 Å². The molecule has 2 aromatic heterocycles. The van der Waals surface area contributed by atoms with Crippen LogP contribution < -0.4 is 5.56 Å². The van der Waals surface area contributed by atoms with Gasteiger partial charge in [0.2, 0.25) is 0 Å². The van der Waals surface area contributed by atoms with Gasteiger partial charge in [-0.3, -0.25) is 4.79 Å². The summed E-state index contributed by atoms with van der Waals surface area (Å²) in [5.41, 5.74) is 3.34. The monoisotopic (exact) mass is 435 g/mol. The van der Waals surface area contributed by atoms with Crippen LogP contribution in [0.2, 0.25) is 10.2 Å². The molecule has 0 saturated heterocycles. The van der Waals surface area contributed by atoms with E-state index in [1.165, 1.54) is 0 Å². The minimum atomic E-state index is -0.356. The van der Waals surface area contributed by atoms with Crippen molar-refractivity contribution in [2.75, 3.05) is 0 Å². The number of H-pyrrole nitrogens is 1. The summed E-state index contributed by atoms with van der Waals surface area (Å²) in [5.74, 6) is 0.135. The Bertz CT molecular complexity index is 1410. The topological polar surface area (TPSA) is 87.4 Å². The summed E-state index contributed by atoms with van der Waals surface area (Å²) in [6.45, 7) is 3.80. The standard InChI is InChI=1S/C22H15Cl2N5O/c1-12-3-6-16(7-4-12)29-20(24)18(13(2)28-29)9-14(11-25)21-26-19-10-15(23)5-8-17(19)22(30)27-21/h3-10H,1-2H3,(H,26,27,30)/b14-9+. The van der Waals surface area contributed by atoms with Crippen molar-refractivity contribution >= 4 is 45.8 Å². The minimum absolute atomic E-state index is 0.135. The van der Waals surface area contributed by atoms with E-state index in [0.29, 0.717) is 32.3 Å². The molecule has 0 aliphatic rings. The quantitative estimate of drug-likeness (QED) is 0.453. The van der Waals surface area contributed by atoms with Gasteiger partial charge >= 0.3 is 0 Å². The van der Waals surface area contributed by atoms with E-state index in [1.807, 2.05) is 31.2 Å². The Morgan fingerprint density at radius 2 is 1.90 bits per heavy atom. The molecule has 8 heteroatoms. The number of rotatable bonds is 3. The molecule has 0 aliphatic heterocycles. The number of nitrogens with zero attached hydrogens (tertiary/aromatic N) is 4. The lowest BCUT2D eigenvalue weighted by Crippen LogP contribution is -2.11. The Morgan fingerprint density at radius 1 is 1.17 bits per heavy atom. The maximum atomic E-state index is 12.4. The third-order valence-electron chi connectivity index (χ3n) is 4.66. The molecule has 0 atom stereocenters. The predicted octanol–water partition coefficient (Wildman–Crippen LogP) is 5.10. The molecule has 0 aliphatic carbocycles. The van der Waals surface area contributed by atoms with E-state index in [4.69, 9.17) is 23.2 Å². The van der Waals surface area contributed by atoms with Crippen LogP contribution in [0.1, 0.15) is 22.6 Å². The number of fused-ring (bicyclic) bond motifs is 1. The van der Waals surface area contributed by atoms with Crippen LogP contribution in [-0.4, -0.2) is 19.7 Å². The first-order chi connectivity index (χ1) is 14.4. The minimum Gasteiger partial charge on any atom is -0.305 e. The van der Waals surface area contributed by atoms with Crippen molar-refractivity contribution in [3.8, 4) is 11.8 Å². The zero-order chi connectivity index (χ0) is 21.4. The molecule has 2 aromatic carbocycles. The normalized spacial score (nSPS) is 11.6. The van der Waals surface area contributed by atoms with Crippen LogP contribution in [0.5, 0.6) is 0 Å². The number of nitriles is 1. The summed E-state index contributed by atoms with van der Waals surface area (Å²) in [5, 5.41) is 15.4. The molecule has 2 heterocycles. The summed E-state index contributed by atoms with van der Waals surface area (Å²) >= 11 is 12.6. The Kier molecular flexibility index (Phi) is 5.17. The number of aromatic amines is 1. The molecule has 0 bridgehead atoms. The fraction of sp³-hybridized carbons (Fsp3) is 0.0909. The Labute approximate surface area is 182 Å². The van der Waals surface area contributed by atoms with Gasteiger partial charge in [0, 0.05) is 10.6 Å². The molecule has 30 heavy (non-hydrogen) atoms. The third kappa shape index (κ3) is 3.61. The van der Waals surface area contributed by atoms with Gasteiger partial charge in [-0.05, 0) is 50.3 Å². The molecule has 0 saturated carbocycles. The molecule has 6 nitrogen and oxygen atoms in total. The van der Waals surface area contributed by atoms with Crippen molar-refractivity contribution in [1.29, 1.82) is 5.26 Å². The number of halogens is 2. The van der Waals surface area contributed by atoms with E-state index >= 15 is 0 Å². The zero-order valence-corrected chi connectivity index (χ0v) is 17.6. The van der Waals surface area contributed by atoms with Gasteiger partial charge in [0.05, 0.1) is 27.9 Å². The third-order valence-corrected chi connectivity index (χ3v) is 5.26. The summed E-state index contributed by atoms with van der Waals surface area (Å²) in [6, 6.07) is 14.6. The van der Waals surface area contributed by atoms with Crippen molar-refractivity contribution in [1.82, 2.24) is 19.7 Å². The van der Waals surface area contributed by atoms with Crippen molar-refractivity contribution in [2.24, 2.45) is 0 Å². The van der Waals surface area contributed by atoms with Gasteiger partial charge in [-0.15, -0.1) is 0 Å². The SMILES string of the molecule is Cc1ccc(-n2nc(C)c(/C=C(\C#N)c3nc4cc(Cl)ccc4c(=O)[nH]3)c2Cl)cc1. The van der Waals surface area contributed by atoms with Gasteiger partial charge in [-0.25, -0.2) is 9.67 Å². The highest BCUT2D eigenvalue weighted by Crippen LogP contribution is 2.27. The molecule has 0 unspecified atom stereocenters. The van der Waals surface area contributed by atoms with E-state index in [9.17, 15) is 10.1 Å². The molecule has 0 amide bonds. The van der Waals surface area contributed by atoms with Crippen LogP contribution in [-0.2, 0) is 0 Å². The maximum absolute atomic E-state index is 12.4. The lowest BCUT2D eigenvalue weighted by Gasteiger charge is -2.04. The maximum Gasteiger partial charge on any atom is 0.259 e. The average molecular weight is 436 g/mol. The molecule has 4 aromatic rings.